The fraction of sp³-hybridized carbons (Fsp3) is 0.381. The van der Waals surface area contributed by atoms with Gasteiger partial charge in [0.05, 0.1) is 19.3 Å². The third kappa shape index (κ3) is 4.05. The van der Waals surface area contributed by atoms with Crippen molar-refractivity contribution in [2.24, 2.45) is 5.92 Å². The molecule has 158 valence electrons. The normalized spacial score (nSPS) is 19.0. The molecule has 1 aliphatic rings. The number of benzene rings is 1. The zero-order chi connectivity index (χ0) is 21.3. The van der Waals surface area contributed by atoms with Crippen molar-refractivity contribution >= 4 is 16.8 Å². The van der Waals surface area contributed by atoms with E-state index < -0.39 is 23.3 Å². The van der Waals surface area contributed by atoms with Gasteiger partial charge in [-0.3, -0.25) is 9.48 Å². The van der Waals surface area contributed by atoms with E-state index in [1.54, 1.807) is 13.3 Å². The second-order valence-corrected chi connectivity index (χ2v) is 7.57. The lowest BCUT2D eigenvalue weighted by Gasteiger charge is -2.28. The minimum atomic E-state index is -1.15. The largest absolute Gasteiger partial charge is 0.503 e. The van der Waals surface area contributed by atoms with Crippen LogP contribution in [0.3, 0.4) is 0 Å². The summed E-state index contributed by atoms with van der Waals surface area (Å²) >= 11 is 0. The van der Waals surface area contributed by atoms with E-state index in [0.29, 0.717) is 12.4 Å². The number of phenolic OH excluding ortho intramolecular Hbond substituents is 1. The molecular formula is C21H22F2N4O3. The minimum Gasteiger partial charge on any atom is -0.503 e. The van der Waals surface area contributed by atoms with Crippen LogP contribution in [0.4, 0.5) is 8.78 Å². The maximum Gasteiger partial charge on any atom is 0.251 e. The van der Waals surface area contributed by atoms with Crippen molar-refractivity contribution in [3.63, 3.8) is 0 Å². The van der Waals surface area contributed by atoms with Crippen LogP contribution in [0.5, 0.6) is 11.6 Å². The third-order valence-corrected chi connectivity index (χ3v) is 5.61. The van der Waals surface area contributed by atoms with Gasteiger partial charge in [-0.1, -0.05) is 0 Å². The first-order valence-corrected chi connectivity index (χ1v) is 9.79. The zero-order valence-electron chi connectivity index (χ0n) is 16.4. The van der Waals surface area contributed by atoms with Crippen LogP contribution < -0.4 is 10.1 Å². The molecule has 1 amide bonds. The third-order valence-electron chi connectivity index (χ3n) is 5.61. The van der Waals surface area contributed by atoms with Crippen LogP contribution in [-0.2, 0) is 0 Å². The molecule has 2 aromatic heterocycles. The highest BCUT2D eigenvalue weighted by atomic mass is 19.1. The maximum atomic E-state index is 13.4. The number of amides is 1. The Balaban J connectivity index is 1.32. The summed E-state index contributed by atoms with van der Waals surface area (Å²) < 4.78 is 34.0. The van der Waals surface area contributed by atoms with Crippen LogP contribution in [-0.4, -0.2) is 39.4 Å². The summed E-state index contributed by atoms with van der Waals surface area (Å²) in [6, 6.07) is 3.79. The molecule has 4 rings (SSSR count). The van der Waals surface area contributed by atoms with Crippen LogP contribution in [0.2, 0.25) is 0 Å². The van der Waals surface area contributed by atoms with Crippen LogP contribution in [0.1, 0.15) is 42.1 Å². The first kappa shape index (κ1) is 20.1. The van der Waals surface area contributed by atoms with E-state index in [1.165, 1.54) is 0 Å². The van der Waals surface area contributed by atoms with Crippen LogP contribution in [0.15, 0.2) is 30.6 Å². The quantitative estimate of drug-likeness (QED) is 0.664. The average molecular weight is 416 g/mol. The number of halogens is 2. The van der Waals surface area contributed by atoms with Crippen LogP contribution in [0.25, 0.3) is 10.9 Å². The molecule has 30 heavy (non-hydrogen) atoms. The number of aromatic nitrogens is 3. The van der Waals surface area contributed by atoms with E-state index >= 15 is 0 Å². The van der Waals surface area contributed by atoms with Gasteiger partial charge in [0.1, 0.15) is 5.52 Å². The van der Waals surface area contributed by atoms with Crippen molar-refractivity contribution in [3.05, 3.63) is 47.8 Å². The summed E-state index contributed by atoms with van der Waals surface area (Å²) in [5.41, 5.74) is 0.669. The molecule has 0 radical (unpaired) electrons. The molecule has 7 nitrogen and oxygen atoms in total. The van der Waals surface area contributed by atoms with E-state index in [-0.39, 0.29) is 17.5 Å². The van der Waals surface area contributed by atoms with Crippen LogP contribution >= 0.6 is 0 Å². The molecule has 1 aromatic carbocycles. The minimum absolute atomic E-state index is 0.149. The van der Waals surface area contributed by atoms with Crippen molar-refractivity contribution in [3.8, 4) is 11.6 Å². The topological polar surface area (TPSA) is 89.3 Å². The molecule has 9 heteroatoms. The van der Waals surface area contributed by atoms with Gasteiger partial charge in [0, 0.05) is 29.8 Å². The Morgan fingerprint density at radius 2 is 1.93 bits per heavy atom. The Kier molecular flexibility index (Phi) is 5.52. The Hall–Kier alpha value is -3.23. The Labute approximate surface area is 171 Å². The molecule has 1 fully saturated rings. The highest BCUT2D eigenvalue weighted by Gasteiger charge is 2.24. The lowest BCUT2D eigenvalue weighted by Crippen LogP contribution is -2.31. The molecule has 2 N–H and O–H groups in total. The number of ether oxygens (including phenoxy) is 1. The van der Waals surface area contributed by atoms with Crippen molar-refractivity contribution in [2.45, 2.75) is 31.7 Å². The second kappa shape index (κ2) is 8.25. The van der Waals surface area contributed by atoms with Crippen molar-refractivity contribution in [2.75, 3.05) is 13.7 Å². The summed E-state index contributed by atoms with van der Waals surface area (Å²) in [5.74, 6) is -3.11. The molecule has 0 saturated heterocycles. The van der Waals surface area contributed by atoms with Gasteiger partial charge in [-0.25, -0.2) is 13.8 Å². The number of nitrogens with one attached hydrogen (secondary N) is 1. The van der Waals surface area contributed by atoms with E-state index in [2.05, 4.69) is 15.4 Å². The summed E-state index contributed by atoms with van der Waals surface area (Å²) in [7, 11) is 1.58. The van der Waals surface area contributed by atoms with Gasteiger partial charge in [0.15, 0.2) is 17.4 Å². The number of carbonyl (C=O) groups is 1. The molecule has 0 atom stereocenters. The smallest absolute Gasteiger partial charge is 0.251 e. The average Bonchev–Trinajstić information content (AvgIpc) is 3.19. The number of nitrogens with zero attached hydrogens (tertiary/aromatic N) is 3. The monoisotopic (exact) mass is 416 g/mol. The molecule has 0 bridgehead atoms. The fourth-order valence-corrected chi connectivity index (χ4v) is 3.87. The molecule has 1 aliphatic carbocycles. The molecule has 0 spiro atoms. The predicted octanol–water partition coefficient (Wildman–Crippen LogP) is 3.59. The van der Waals surface area contributed by atoms with Gasteiger partial charge in [0.25, 0.3) is 5.91 Å². The highest BCUT2D eigenvalue weighted by Crippen LogP contribution is 2.32. The predicted molar refractivity (Wildman–Crippen MR) is 105 cm³/mol. The number of pyridine rings is 1. The Morgan fingerprint density at radius 3 is 2.60 bits per heavy atom. The molecule has 3 aromatic rings. The highest BCUT2D eigenvalue weighted by molar-refractivity contribution is 5.94. The van der Waals surface area contributed by atoms with Crippen molar-refractivity contribution in [1.82, 2.24) is 20.1 Å². The number of carbonyl (C=O) groups excluding carboxylic acids is 1. The lowest BCUT2D eigenvalue weighted by molar-refractivity contribution is 0.0940. The van der Waals surface area contributed by atoms with E-state index in [1.807, 2.05) is 16.9 Å². The molecule has 0 unspecified atom stereocenters. The number of rotatable bonds is 5. The number of fused-ring (bicyclic) bond motifs is 1. The fourth-order valence-electron chi connectivity index (χ4n) is 3.87. The van der Waals surface area contributed by atoms with Crippen LogP contribution in [0, 0.1) is 17.6 Å². The number of phenols is 1. The number of methoxy groups -OCH3 is 1. The molecule has 1 saturated carbocycles. The summed E-state index contributed by atoms with van der Waals surface area (Å²) in [6.45, 7) is 0.428. The zero-order valence-corrected chi connectivity index (χ0v) is 16.4. The first-order chi connectivity index (χ1) is 14.4. The first-order valence-electron chi connectivity index (χ1n) is 9.79. The molecule has 0 aliphatic heterocycles. The van der Waals surface area contributed by atoms with Gasteiger partial charge < -0.3 is 15.2 Å². The van der Waals surface area contributed by atoms with Gasteiger partial charge in [-0.05, 0) is 43.7 Å². The maximum absolute atomic E-state index is 13.4. The number of hydrogen-bond donors (Lipinski definition) is 2. The SMILES string of the molecule is COc1cc2cn([C@H]3CC[C@H](CNC(=O)c4cc(F)c(O)c(F)c4)CC3)nc2cn1. The van der Waals surface area contributed by atoms with Crippen molar-refractivity contribution < 1.29 is 23.4 Å². The Bertz CT molecular complexity index is 1050. The molecule has 2 heterocycles. The summed E-state index contributed by atoms with van der Waals surface area (Å²) in [4.78, 5) is 16.4. The standard InChI is InChI=1S/C21H22F2N4O3/c1-30-19-8-14-11-27(26-18(14)10-24-19)15-4-2-12(3-5-15)9-25-21(29)13-6-16(22)20(28)17(23)7-13/h6-8,10-12,15,28H,2-5,9H2,1H3,(H,25,29)/t12-,15-. The van der Waals surface area contributed by atoms with E-state index in [9.17, 15) is 13.6 Å². The van der Waals surface area contributed by atoms with E-state index in [0.717, 1.165) is 48.7 Å². The summed E-state index contributed by atoms with van der Waals surface area (Å²) in [5, 5.41) is 17.5. The van der Waals surface area contributed by atoms with Gasteiger partial charge in [-0.2, -0.15) is 5.10 Å². The van der Waals surface area contributed by atoms with Crippen molar-refractivity contribution in [1.29, 1.82) is 0 Å². The van der Waals surface area contributed by atoms with Gasteiger partial charge >= 0.3 is 0 Å². The van der Waals surface area contributed by atoms with Gasteiger partial charge in [-0.15, -0.1) is 0 Å². The Morgan fingerprint density at radius 1 is 1.23 bits per heavy atom. The van der Waals surface area contributed by atoms with Gasteiger partial charge in [0.2, 0.25) is 5.88 Å². The van der Waals surface area contributed by atoms with E-state index in [4.69, 9.17) is 9.84 Å². The lowest BCUT2D eigenvalue weighted by atomic mass is 9.86. The number of hydrogen-bond acceptors (Lipinski definition) is 5. The number of aromatic hydroxyl groups is 1. The molecular weight excluding hydrogens is 394 g/mol. The summed E-state index contributed by atoms with van der Waals surface area (Å²) in [6.07, 6.45) is 7.34. The second-order valence-electron chi connectivity index (χ2n) is 7.57.